The van der Waals surface area contributed by atoms with Crippen LogP contribution in [0.4, 0.5) is 4.79 Å². The summed E-state index contributed by atoms with van der Waals surface area (Å²) in [4.78, 5) is 40.7. The Morgan fingerprint density at radius 2 is 2.04 bits per heavy atom. The van der Waals surface area contributed by atoms with Crippen LogP contribution >= 0.6 is 12.4 Å². The SMILES string of the molecule is CNC1CCCN(C(=O)CN2C(=O)NC3(CCCCC3C)C2=O)C1.Cl. The van der Waals surface area contributed by atoms with Gasteiger partial charge in [-0.2, -0.15) is 0 Å². The van der Waals surface area contributed by atoms with Crippen molar-refractivity contribution in [2.75, 3.05) is 26.7 Å². The Morgan fingerprint density at radius 3 is 2.72 bits per heavy atom. The van der Waals surface area contributed by atoms with E-state index in [1.54, 1.807) is 4.90 Å². The van der Waals surface area contributed by atoms with Gasteiger partial charge in [0.1, 0.15) is 12.1 Å². The number of hydrogen-bond acceptors (Lipinski definition) is 4. The summed E-state index contributed by atoms with van der Waals surface area (Å²) in [6.45, 7) is 3.21. The molecule has 3 fully saturated rings. The van der Waals surface area contributed by atoms with Crippen molar-refractivity contribution in [3.05, 3.63) is 0 Å². The Bertz CT molecular complexity index is 544. The van der Waals surface area contributed by atoms with Crippen LogP contribution < -0.4 is 10.6 Å². The number of carbonyl (C=O) groups excluding carboxylic acids is 3. The van der Waals surface area contributed by atoms with Crippen LogP contribution in [0.2, 0.25) is 0 Å². The van der Waals surface area contributed by atoms with Gasteiger partial charge < -0.3 is 15.5 Å². The zero-order chi connectivity index (χ0) is 17.3. The zero-order valence-electron chi connectivity index (χ0n) is 15.0. The topological polar surface area (TPSA) is 81.8 Å². The lowest BCUT2D eigenvalue weighted by molar-refractivity contribution is -0.141. The first-order chi connectivity index (χ1) is 11.5. The molecule has 3 atom stereocenters. The van der Waals surface area contributed by atoms with Crippen molar-refractivity contribution in [1.82, 2.24) is 20.4 Å². The quantitative estimate of drug-likeness (QED) is 0.727. The number of nitrogens with one attached hydrogen (secondary N) is 2. The Labute approximate surface area is 155 Å². The third kappa shape index (κ3) is 3.62. The number of imide groups is 1. The van der Waals surface area contributed by atoms with Crippen molar-refractivity contribution in [1.29, 1.82) is 0 Å². The lowest BCUT2D eigenvalue weighted by Gasteiger charge is -2.37. The largest absolute Gasteiger partial charge is 0.340 e. The second-order valence-electron chi connectivity index (χ2n) is 7.41. The van der Waals surface area contributed by atoms with Gasteiger partial charge in [0, 0.05) is 19.1 Å². The molecule has 0 radical (unpaired) electrons. The van der Waals surface area contributed by atoms with E-state index in [0.717, 1.165) is 37.0 Å². The Kier molecular flexibility index (Phi) is 6.32. The van der Waals surface area contributed by atoms with Crippen LogP contribution in [0.25, 0.3) is 0 Å². The van der Waals surface area contributed by atoms with Gasteiger partial charge in [-0.15, -0.1) is 12.4 Å². The van der Waals surface area contributed by atoms with Crippen molar-refractivity contribution < 1.29 is 14.4 Å². The number of nitrogens with zero attached hydrogens (tertiary/aromatic N) is 2. The molecule has 3 aliphatic rings. The highest BCUT2D eigenvalue weighted by molar-refractivity contribution is 6.09. The summed E-state index contributed by atoms with van der Waals surface area (Å²) in [5.74, 6) is -0.236. The van der Waals surface area contributed by atoms with E-state index in [2.05, 4.69) is 10.6 Å². The lowest BCUT2D eigenvalue weighted by atomic mass is 9.73. The van der Waals surface area contributed by atoms with Gasteiger partial charge in [-0.05, 0) is 38.6 Å². The molecule has 4 amide bonds. The molecule has 2 heterocycles. The van der Waals surface area contributed by atoms with Gasteiger partial charge in [-0.1, -0.05) is 19.8 Å². The third-order valence-corrected chi connectivity index (χ3v) is 5.98. The number of carbonyl (C=O) groups is 3. The first-order valence-electron chi connectivity index (χ1n) is 9.07. The van der Waals surface area contributed by atoms with E-state index >= 15 is 0 Å². The monoisotopic (exact) mass is 372 g/mol. The van der Waals surface area contributed by atoms with Crippen LogP contribution in [-0.2, 0) is 9.59 Å². The molecular weight excluding hydrogens is 344 g/mol. The van der Waals surface area contributed by atoms with E-state index in [1.807, 2.05) is 14.0 Å². The number of hydrogen-bond donors (Lipinski definition) is 2. The maximum Gasteiger partial charge on any atom is 0.325 e. The molecule has 1 spiro atoms. The minimum Gasteiger partial charge on any atom is -0.340 e. The maximum absolute atomic E-state index is 12.9. The fourth-order valence-corrected chi connectivity index (χ4v) is 4.31. The molecule has 0 aromatic carbocycles. The highest BCUT2D eigenvalue weighted by Gasteiger charge is 2.55. The van der Waals surface area contributed by atoms with Gasteiger partial charge >= 0.3 is 6.03 Å². The number of amides is 4. The molecule has 2 aliphatic heterocycles. The van der Waals surface area contributed by atoms with Gasteiger partial charge in [0.05, 0.1) is 0 Å². The van der Waals surface area contributed by atoms with E-state index in [-0.39, 0.29) is 42.7 Å². The second kappa shape index (κ2) is 7.91. The van der Waals surface area contributed by atoms with Crippen molar-refractivity contribution in [3.8, 4) is 0 Å². The highest BCUT2D eigenvalue weighted by Crippen LogP contribution is 2.38. The molecule has 25 heavy (non-hydrogen) atoms. The van der Waals surface area contributed by atoms with Gasteiger partial charge in [0.25, 0.3) is 5.91 Å². The molecule has 2 saturated heterocycles. The summed E-state index contributed by atoms with van der Waals surface area (Å²) in [7, 11) is 1.89. The molecule has 1 aliphatic carbocycles. The minimum absolute atomic E-state index is 0. The molecule has 3 rings (SSSR count). The maximum atomic E-state index is 12.9. The van der Waals surface area contributed by atoms with E-state index in [0.29, 0.717) is 19.5 Å². The highest BCUT2D eigenvalue weighted by atomic mass is 35.5. The van der Waals surface area contributed by atoms with Crippen LogP contribution in [0, 0.1) is 5.92 Å². The number of halogens is 1. The summed E-state index contributed by atoms with van der Waals surface area (Å²) in [5, 5.41) is 6.10. The molecule has 0 bridgehead atoms. The zero-order valence-corrected chi connectivity index (χ0v) is 15.9. The van der Waals surface area contributed by atoms with Crippen molar-refractivity contribution in [2.45, 2.75) is 57.0 Å². The van der Waals surface area contributed by atoms with E-state index in [4.69, 9.17) is 0 Å². The van der Waals surface area contributed by atoms with Gasteiger partial charge in [0.2, 0.25) is 5.91 Å². The summed E-state index contributed by atoms with van der Waals surface area (Å²) in [6, 6.07) is -0.125. The molecule has 8 heteroatoms. The summed E-state index contributed by atoms with van der Waals surface area (Å²) < 4.78 is 0. The number of urea groups is 1. The Morgan fingerprint density at radius 1 is 1.28 bits per heavy atom. The molecule has 7 nitrogen and oxygen atoms in total. The number of rotatable bonds is 3. The molecule has 1 saturated carbocycles. The Hall–Kier alpha value is -1.34. The summed E-state index contributed by atoms with van der Waals surface area (Å²) in [5.41, 5.74) is -0.787. The second-order valence-corrected chi connectivity index (χ2v) is 7.41. The smallest absolute Gasteiger partial charge is 0.325 e. The summed E-state index contributed by atoms with van der Waals surface area (Å²) in [6.07, 6.45) is 5.62. The molecule has 3 unspecified atom stereocenters. The van der Waals surface area contributed by atoms with Crippen LogP contribution in [-0.4, -0.2) is 65.9 Å². The molecule has 0 aromatic heterocycles. The van der Waals surface area contributed by atoms with E-state index in [1.165, 1.54) is 0 Å². The Balaban J connectivity index is 0.00000225. The van der Waals surface area contributed by atoms with Crippen LogP contribution in [0.1, 0.15) is 45.4 Å². The van der Waals surface area contributed by atoms with E-state index in [9.17, 15) is 14.4 Å². The first-order valence-corrected chi connectivity index (χ1v) is 9.07. The average Bonchev–Trinajstić information content (AvgIpc) is 2.82. The lowest BCUT2D eigenvalue weighted by Crippen LogP contribution is -2.54. The van der Waals surface area contributed by atoms with Crippen molar-refractivity contribution in [3.63, 3.8) is 0 Å². The molecule has 142 valence electrons. The summed E-state index contributed by atoms with van der Waals surface area (Å²) >= 11 is 0. The normalized spacial score (nSPS) is 32.6. The molecule has 0 aromatic rings. The predicted molar refractivity (Wildman–Crippen MR) is 96.5 cm³/mol. The van der Waals surface area contributed by atoms with Crippen molar-refractivity contribution >= 4 is 30.3 Å². The van der Waals surface area contributed by atoms with Crippen molar-refractivity contribution in [2.24, 2.45) is 5.92 Å². The minimum atomic E-state index is -0.787. The van der Waals surface area contributed by atoms with Crippen LogP contribution in [0.5, 0.6) is 0 Å². The number of likely N-dealkylation sites (tertiary alicyclic amines) is 1. The standard InChI is InChI=1S/C17H28N4O3.ClH/c1-12-6-3-4-8-17(12)15(23)21(16(24)19-17)11-14(22)20-9-5-7-13(10-20)18-2;/h12-13,18H,3-11H2,1-2H3,(H,19,24);1H. The van der Waals surface area contributed by atoms with Gasteiger partial charge in [-0.3, -0.25) is 14.5 Å². The molecular formula is C17H29ClN4O3. The predicted octanol–water partition coefficient (Wildman–Crippen LogP) is 1.12. The third-order valence-electron chi connectivity index (χ3n) is 5.98. The molecule has 2 N–H and O–H groups in total. The van der Waals surface area contributed by atoms with Crippen LogP contribution in [0.3, 0.4) is 0 Å². The van der Waals surface area contributed by atoms with Crippen LogP contribution in [0.15, 0.2) is 0 Å². The van der Waals surface area contributed by atoms with Gasteiger partial charge in [-0.25, -0.2) is 4.79 Å². The number of likely N-dealkylation sites (N-methyl/N-ethyl adjacent to an activating group) is 1. The first kappa shape index (κ1) is 20.0. The van der Waals surface area contributed by atoms with E-state index < -0.39 is 11.6 Å². The fraction of sp³-hybridized carbons (Fsp3) is 0.824. The fourth-order valence-electron chi connectivity index (χ4n) is 4.31. The average molecular weight is 373 g/mol. The number of piperidine rings is 1. The van der Waals surface area contributed by atoms with Gasteiger partial charge in [0.15, 0.2) is 0 Å².